The summed E-state index contributed by atoms with van der Waals surface area (Å²) in [6.45, 7) is 0.285. The van der Waals surface area contributed by atoms with Crippen LogP contribution in [0.2, 0.25) is 0 Å². The Balaban J connectivity index is 1.19. The van der Waals surface area contributed by atoms with Gasteiger partial charge in [-0.05, 0) is 36.5 Å². The van der Waals surface area contributed by atoms with Gasteiger partial charge in [-0.1, -0.05) is 24.3 Å². The molecule has 6 aliphatic rings. The van der Waals surface area contributed by atoms with E-state index in [4.69, 9.17) is 0 Å². The molecule has 134 valence electrons. The maximum atomic E-state index is 12.7. The van der Waals surface area contributed by atoms with Gasteiger partial charge in [-0.25, -0.2) is 0 Å². The zero-order valence-electron chi connectivity index (χ0n) is 14.3. The van der Waals surface area contributed by atoms with E-state index in [2.05, 4.69) is 24.3 Å². The van der Waals surface area contributed by atoms with Crippen molar-refractivity contribution in [3.8, 4) is 0 Å². The molecule has 6 rings (SSSR count). The van der Waals surface area contributed by atoms with Crippen LogP contribution in [0, 0.1) is 47.3 Å². The van der Waals surface area contributed by atoms with Gasteiger partial charge < -0.3 is 0 Å². The van der Waals surface area contributed by atoms with Gasteiger partial charge in [-0.3, -0.25) is 29.0 Å². The number of carbonyl (C=O) groups excluding carboxylic acids is 4. The normalized spacial score (nSPS) is 47.1. The number of likely N-dealkylation sites (tertiary alicyclic amines) is 2. The van der Waals surface area contributed by atoms with Crippen molar-refractivity contribution in [2.24, 2.45) is 47.3 Å². The molecule has 6 heteroatoms. The molecule has 4 bridgehead atoms. The lowest BCUT2D eigenvalue weighted by Crippen LogP contribution is -2.42. The summed E-state index contributed by atoms with van der Waals surface area (Å²) in [4.78, 5) is 53.6. The van der Waals surface area contributed by atoms with Crippen LogP contribution in [0.5, 0.6) is 0 Å². The van der Waals surface area contributed by atoms with Crippen molar-refractivity contribution in [2.75, 3.05) is 13.1 Å². The Morgan fingerprint density at radius 2 is 0.846 bits per heavy atom. The van der Waals surface area contributed by atoms with Gasteiger partial charge in [0, 0.05) is 13.1 Å². The first-order chi connectivity index (χ1) is 12.6. The largest absolute Gasteiger partial charge is 0.280 e. The predicted molar refractivity (Wildman–Crippen MR) is 88.9 cm³/mol. The van der Waals surface area contributed by atoms with Crippen molar-refractivity contribution in [2.45, 2.75) is 12.8 Å². The standard InChI is InChI=1S/C20H20N2O4/c23-17-13-9-1-2-10(7-9)14(13)18(24)21(17)5-6-22-19(25)15-11-3-4-12(8-11)16(15)20(22)26/h1-4,9-16H,5-8H2/t9-,10+,11-,12+,13-,14-,15+,16-/m0/s1. The van der Waals surface area contributed by atoms with Crippen LogP contribution in [0.1, 0.15) is 12.8 Å². The molecule has 2 saturated carbocycles. The molecule has 0 aromatic rings. The molecule has 0 radical (unpaired) electrons. The lowest BCUT2D eigenvalue weighted by molar-refractivity contribution is -0.146. The molecule has 4 amide bonds. The van der Waals surface area contributed by atoms with Gasteiger partial charge in [0.15, 0.2) is 0 Å². The molecule has 26 heavy (non-hydrogen) atoms. The van der Waals surface area contributed by atoms with Crippen LogP contribution in [0.4, 0.5) is 0 Å². The van der Waals surface area contributed by atoms with Gasteiger partial charge in [0.25, 0.3) is 0 Å². The van der Waals surface area contributed by atoms with E-state index in [9.17, 15) is 19.2 Å². The highest BCUT2D eigenvalue weighted by atomic mass is 16.2. The second-order valence-electron chi connectivity index (χ2n) is 8.66. The number of hydrogen-bond acceptors (Lipinski definition) is 4. The minimum Gasteiger partial charge on any atom is -0.280 e. The van der Waals surface area contributed by atoms with Gasteiger partial charge in [-0.15, -0.1) is 0 Å². The highest BCUT2D eigenvalue weighted by molar-refractivity contribution is 6.08. The molecule has 0 unspecified atom stereocenters. The zero-order valence-corrected chi connectivity index (χ0v) is 14.3. The fourth-order valence-corrected chi connectivity index (χ4v) is 6.57. The fraction of sp³-hybridized carbons (Fsp3) is 0.600. The molecule has 0 N–H and O–H groups in total. The van der Waals surface area contributed by atoms with E-state index >= 15 is 0 Å². The molecule has 0 aromatic carbocycles. The Morgan fingerprint density at radius 3 is 1.12 bits per heavy atom. The fourth-order valence-electron chi connectivity index (χ4n) is 6.57. The summed E-state index contributed by atoms with van der Waals surface area (Å²) in [6.07, 6.45) is 10.1. The third-order valence-electron chi connectivity index (χ3n) is 7.67. The van der Waals surface area contributed by atoms with Crippen LogP contribution in [0.25, 0.3) is 0 Å². The second-order valence-corrected chi connectivity index (χ2v) is 8.66. The van der Waals surface area contributed by atoms with Crippen LogP contribution >= 0.6 is 0 Å². The van der Waals surface area contributed by atoms with E-state index in [1.165, 1.54) is 9.80 Å². The molecule has 0 spiro atoms. The average molecular weight is 352 g/mol. The van der Waals surface area contributed by atoms with Gasteiger partial charge in [0.05, 0.1) is 23.7 Å². The van der Waals surface area contributed by atoms with Gasteiger partial charge >= 0.3 is 0 Å². The quantitative estimate of drug-likeness (QED) is 0.551. The predicted octanol–water partition coefficient (Wildman–Crippen LogP) is 0.601. The van der Waals surface area contributed by atoms with Crippen LogP contribution < -0.4 is 0 Å². The number of carbonyl (C=O) groups is 4. The monoisotopic (exact) mass is 352 g/mol. The van der Waals surface area contributed by atoms with E-state index in [0.717, 1.165) is 12.8 Å². The molecule has 0 aromatic heterocycles. The maximum absolute atomic E-state index is 12.7. The van der Waals surface area contributed by atoms with Crippen LogP contribution in [-0.2, 0) is 19.2 Å². The van der Waals surface area contributed by atoms with E-state index in [0.29, 0.717) is 0 Å². The number of imide groups is 2. The minimum atomic E-state index is -0.220. The van der Waals surface area contributed by atoms with Crippen molar-refractivity contribution in [1.29, 1.82) is 0 Å². The molecule has 6 nitrogen and oxygen atoms in total. The molecule has 2 aliphatic heterocycles. The SMILES string of the molecule is O=C1[C@@H]2[C@@H](C(=O)N1CCN1C(=O)[C@@H]3[C@H](C1=O)[C@H]1C=C[C@@H]3C1)[C@H]1C=C[C@@H]2C1. The van der Waals surface area contributed by atoms with Crippen molar-refractivity contribution < 1.29 is 19.2 Å². The number of nitrogens with zero attached hydrogens (tertiary/aromatic N) is 2. The summed E-state index contributed by atoms with van der Waals surface area (Å²) >= 11 is 0. The van der Waals surface area contributed by atoms with Crippen LogP contribution in [0.15, 0.2) is 24.3 Å². The highest BCUT2D eigenvalue weighted by Crippen LogP contribution is 2.53. The smallest absolute Gasteiger partial charge is 0.233 e. The van der Waals surface area contributed by atoms with Crippen molar-refractivity contribution in [3.05, 3.63) is 24.3 Å². The Labute approximate surface area is 150 Å². The highest BCUT2D eigenvalue weighted by Gasteiger charge is 2.61. The van der Waals surface area contributed by atoms with Crippen LogP contribution in [-0.4, -0.2) is 46.5 Å². The van der Waals surface area contributed by atoms with Crippen LogP contribution in [0.3, 0.4) is 0 Å². The Bertz CT molecular complexity index is 702. The summed E-state index contributed by atoms with van der Waals surface area (Å²) in [7, 11) is 0. The molecule has 4 fully saturated rings. The van der Waals surface area contributed by atoms with E-state index < -0.39 is 0 Å². The number of amides is 4. The summed E-state index contributed by atoms with van der Waals surface area (Å²) in [5, 5.41) is 0. The first kappa shape index (κ1) is 14.9. The van der Waals surface area contributed by atoms with E-state index in [1.807, 2.05) is 0 Å². The van der Waals surface area contributed by atoms with Gasteiger partial charge in [0.2, 0.25) is 23.6 Å². The Hall–Kier alpha value is -2.24. The lowest BCUT2D eigenvalue weighted by atomic mass is 9.85. The van der Waals surface area contributed by atoms with Crippen molar-refractivity contribution in [3.63, 3.8) is 0 Å². The molecular formula is C20H20N2O4. The molecule has 4 aliphatic carbocycles. The van der Waals surface area contributed by atoms with E-state index in [1.54, 1.807) is 0 Å². The minimum absolute atomic E-state index is 0.113. The summed E-state index contributed by atoms with van der Waals surface area (Å²) < 4.78 is 0. The second kappa shape index (κ2) is 4.72. The third kappa shape index (κ3) is 1.59. The van der Waals surface area contributed by atoms with Gasteiger partial charge in [-0.2, -0.15) is 0 Å². The molecular weight excluding hydrogens is 332 g/mol. The summed E-state index contributed by atoms with van der Waals surface area (Å²) in [5.74, 6) is -0.602. The van der Waals surface area contributed by atoms with E-state index in [-0.39, 0.29) is 84.1 Å². The van der Waals surface area contributed by atoms with Crippen molar-refractivity contribution >= 4 is 23.6 Å². The topological polar surface area (TPSA) is 74.8 Å². The van der Waals surface area contributed by atoms with Crippen molar-refractivity contribution in [1.82, 2.24) is 9.80 Å². The molecule has 2 heterocycles. The summed E-state index contributed by atoms with van der Waals surface area (Å²) in [5.41, 5.74) is 0. The number of hydrogen-bond donors (Lipinski definition) is 0. The number of rotatable bonds is 3. The molecule has 8 atom stereocenters. The first-order valence-corrected chi connectivity index (χ1v) is 9.63. The van der Waals surface area contributed by atoms with Gasteiger partial charge in [0.1, 0.15) is 0 Å². The third-order valence-corrected chi connectivity index (χ3v) is 7.67. The molecule has 2 saturated heterocycles. The Kier molecular flexibility index (Phi) is 2.70. The first-order valence-electron chi connectivity index (χ1n) is 9.63. The maximum Gasteiger partial charge on any atom is 0.233 e. The number of fused-ring (bicyclic) bond motifs is 10. The lowest BCUT2D eigenvalue weighted by Gasteiger charge is -2.22. The zero-order chi connectivity index (χ0) is 17.7. The Morgan fingerprint density at radius 1 is 0.577 bits per heavy atom. The summed E-state index contributed by atoms with van der Waals surface area (Å²) in [6, 6.07) is 0. The average Bonchev–Trinajstić information content (AvgIpc) is 3.43. The number of allylic oxidation sites excluding steroid dienone is 4.